The van der Waals surface area contributed by atoms with E-state index in [4.69, 9.17) is 9.47 Å². The zero-order valence-corrected chi connectivity index (χ0v) is 18.6. The third-order valence-corrected chi connectivity index (χ3v) is 5.54. The van der Waals surface area contributed by atoms with Crippen LogP contribution in [0.2, 0.25) is 0 Å². The molecule has 3 aromatic rings. The Morgan fingerprint density at radius 1 is 0.700 bits per heavy atom. The van der Waals surface area contributed by atoms with Gasteiger partial charge in [-0.2, -0.15) is 0 Å². The summed E-state index contributed by atoms with van der Waals surface area (Å²) in [4.78, 5) is 4.48. The summed E-state index contributed by atoms with van der Waals surface area (Å²) in [6.07, 6.45) is 4.02. The SMILES string of the molecule is CCC(C)COc1ccc(-c2cccc(-c3ccccn3)c2)cc1OCC(C)CC. The number of hydrogen-bond acceptors (Lipinski definition) is 3. The summed E-state index contributed by atoms with van der Waals surface area (Å²) in [6.45, 7) is 10.2. The fraction of sp³-hybridized carbons (Fsp3) is 0.370. The highest BCUT2D eigenvalue weighted by Crippen LogP contribution is 2.34. The van der Waals surface area contributed by atoms with E-state index in [1.54, 1.807) is 0 Å². The van der Waals surface area contributed by atoms with Crippen molar-refractivity contribution in [2.45, 2.75) is 40.5 Å². The van der Waals surface area contributed by atoms with Gasteiger partial charge in [-0.3, -0.25) is 4.98 Å². The van der Waals surface area contributed by atoms with E-state index in [0.717, 1.165) is 46.7 Å². The predicted molar refractivity (Wildman–Crippen MR) is 125 cm³/mol. The Kier molecular flexibility index (Phi) is 7.89. The van der Waals surface area contributed by atoms with Crippen LogP contribution in [-0.2, 0) is 0 Å². The van der Waals surface area contributed by atoms with Crippen LogP contribution in [0.5, 0.6) is 11.5 Å². The largest absolute Gasteiger partial charge is 0.489 e. The lowest BCUT2D eigenvalue weighted by molar-refractivity contribution is 0.218. The Morgan fingerprint density at radius 3 is 2.03 bits per heavy atom. The summed E-state index contributed by atoms with van der Waals surface area (Å²) in [6, 6.07) is 20.7. The van der Waals surface area contributed by atoms with Crippen LogP contribution in [0, 0.1) is 11.8 Å². The monoisotopic (exact) mass is 403 g/mol. The molecular formula is C27H33NO2. The van der Waals surface area contributed by atoms with Crippen molar-refractivity contribution >= 4 is 0 Å². The fourth-order valence-electron chi connectivity index (χ4n) is 3.01. The summed E-state index contributed by atoms with van der Waals surface area (Å²) in [5.41, 5.74) is 4.33. The third-order valence-electron chi connectivity index (χ3n) is 5.54. The van der Waals surface area contributed by atoms with Crippen LogP contribution in [0.4, 0.5) is 0 Å². The molecule has 0 N–H and O–H groups in total. The van der Waals surface area contributed by atoms with Crippen molar-refractivity contribution in [3.63, 3.8) is 0 Å². The second-order valence-corrected chi connectivity index (χ2v) is 8.11. The smallest absolute Gasteiger partial charge is 0.161 e. The molecule has 1 heterocycles. The van der Waals surface area contributed by atoms with Crippen molar-refractivity contribution in [1.82, 2.24) is 4.98 Å². The number of benzene rings is 2. The minimum atomic E-state index is 0.503. The van der Waals surface area contributed by atoms with Gasteiger partial charge in [0, 0.05) is 11.8 Å². The molecule has 0 bridgehead atoms. The second kappa shape index (κ2) is 10.8. The van der Waals surface area contributed by atoms with Gasteiger partial charge in [0.15, 0.2) is 11.5 Å². The topological polar surface area (TPSA) is 31.4 Å². The number of nitrogens with zero attached hydrogens (tertiary/aromatic N) is 1. The maximum absolute atomic E-state index is 6.20. The van der Waals surface area contributed by atoms with E-state index in [1.165, 1.54) is 0 Å². The molecule has 3 heteroatoms. The van der Waals surface area contributed by atoms with Crippen molar-refractivity contribution in [3.8, 4) is 33.9 Å². The lowest BCUT2D eigenvalue weighted by Crippen LogP contribution is -2.11. The van der Waals surface area contributed by atoms with Crippen LogP contribution in [-0.4, -0.2) is 18.2 Å². The van der Waals surface area contributed by atoms with Gasteiger partial charge in [0.25, 0.3) is 0 Å². The molecule has 0 aliphatic carbocycles. The lowest BCUT2D eigenvalue weighted by Gasteiger charge is -2.18. The molecule has 0 aliphatic rings. The number of aromatic nitrogens is 1. The molecule has 2 atom stereocenters. The molecule has 0 aliphatic heterocycles. The van der Waals surface area contributed by atoms with Crippen LogP contribution in [0.25, 0.3) is 22.4 Å². The van der Waals surface area contributed by atoms with Gasteiger partial charge in [0.1, 0.15) is 0 Å². The highest BCUT2D eigenvalue weighted by atomic mass is 16.5. The molecule has 0 saturated carbocycles. The van der Waals surface area contributed by atoms with Gasteiger partial charge in [-0.05, 0) is 53.3 Å². The Hall–Kier alpha value is -2.81. The van der Waals surface area contributed by atoms with Crippen molar-refractivity contribution in [2.24, 2.45) is 11.8 Å². The van der Waals surface area contributed by atoms with Gasteiger partial charge >= 0.3 is 0 Å². The Balaban J connectivity index is 1.89. The first-order chi connectivity index (χ1) is 14.6. The number of rotatable bonds is 10. The van der Waals surface area contributed by atoms with Crippen molar-refractivity contribution in [3.05, 3.63) is 66.9 Å². The first-order valence-corrected chi connectivity index (χ1v) is 11.0. The maximum atomic E-state index is 6.20. The molecule has 2 unspecified atom stereocenters. The van der Waals surface area contributed by atoms with E-state index in [-0.39, 0.29) is 0 Å². The number of hydrogen-bond donors (Lipinski definition) is 0. The zero-order chi connectivity index (χ0) is 21.3. The summed E-state index contributed by atoms with van der Waals surface area (Å²) >= 11 is 0. The van der Waals surface area contributed by atoms with E-state index in [9.17, 15) is 0 Å². The average Bonchev–Trinajstić information content (AvgIpc) is 2.81. The normalized spacial score (nSPS) is 12.9. The van der Waals surface area contributed by atoms with E-state index < -0.39 is 0 Å². The first kappa shape index (κ1) is 21.9. The van der Waals surface area contributed by atoms with Crippen molar-refractivity contribution < 1.29 is 9.47 Å². The van der Waals surface area contributed by atoms with Crippen LogP contribution in [0.15, 0.2) is 66.9 Å². The summed E-state index contributed by atoms with van der Waals surface area (Å²) in [5.74, 6) is 2.66. The maximum Gasteiger partial charge on any atom is 0.161 e. The molecule has 3 nitrogen and oxygen atoms in total. The summed E-state index contributed by atoms with van der Waals surface area (Å²) < 4.78 is 12.3. The zero-order valence-electron chi connectivity index (χ0n) is 18.6. The highest BCUT2D eigenvalue weighted by molar-refractivity contribution is 5.73. The molecule has 0 radical (unpaired) electrons. The molecular weight excluding hydrogens is 370 g/mol. The van der Waals surface area contributed by atoms with Crippen LogP contribution in [0.1, 0.15) is 40.5 Å². The van der Waals surface area contributed by atoms with Gasteiger partial charge in [-0.25, -0.2) is 0 Å². The molecule has 0 spiro atoms. The van der Waals surface area contributed by atoms with Crippen LogP contribution >= 0.6 is 0 Å². The molecule has 0 fully saturated rings. The van der Waals surface area contributed by atoms with E-state index in [2.05, 4.69) is 69.1 Å². The van der Waals surface area contributed by atoms with Crippen molar-refractivity contribution in [1.29, 1.82) is 0 Å². The molecule has 1 aromatic heterocycles. The molecule has 0 saturated heterocycles. The minimum absolute atomic E-state index is 0.503. The van der Waals surface area contributed by atoms with Gasteiger partial charge in [0.05, 0.1) is 18.9 Å². The third kappa shape index (κ3) is 5.85. The number of pyridine rings is 1. The molecule has 3 rings (SSSR count). The van der Waals surface area contributed by atoms with Gasteiger partial charge in [0.2, 0.25) is 0 Å². The minimum Gasteiger partial charge on any atom is -0.489 e. The van der Waals surface area contributed by atoms with Gasteiger partial charge < -0.3 is 9.47 Å². The Labute approximate surface area is 181 Å². The summed E-state index contributed by atoms with van der Waals surface area (Å²) in [7, 11) is 0. The lowest BCUT2D eigenvalue weighted by atomic mass is 10.0. The molecule has 0 amide bonds. The van der Waals surface area contributed by atoms with E-state index in [1.807, 2.05) is 30.5 Å². The van der Waals surface area contributed by atoms with E-state index >= 15 is 0 Å². The first-order valence-electron chi connectivity index (χ1n) is 11.0. The van der Waals surface area contributed by atoms with Gasteiger partial charge in [-0.1, -0.05) is 70.9 Å². The van der Waals surface area contributed by atoms with Crippen molar-refractivity contribution in [2.75, 3.05) is 13.2 Å². The average molecular weight is 404 g/mol. The van der Waals surface area contributed by atoms with Crippen LogP contribution < -0.4 is 9.47 Å². The molecule has 158 valence electrons. The predicted octanol–water partition coefficient (Wildman–Crippen LogP) is 7.27. The number of ether oxygens (including phenoxy) is 2. The van der Waals surface area contributed by atoms with E-state index in [0.29, 0.717) is 25.0 Å². The van der Waals surface area contributed by atoms with Gasteiger partial charge in [-0.15, -0.1) is 0 Å². The highest BCUT2D eigenvalue weighted by Gasteiger charge is 2.12. The molecule has 2 aromatic carbocycles. The molecule has 30 heavy (non-hydrogen) atoms. The second-order valence-electron chi connectivity index (χ2n) is 8.11. The fourth-order valence-corrected chi connectivity index (χ4v) is 3.01. The Bertz CT molecular complexity index is 923. The summed E-state index contributed by atoms with van der Waals surface area (Å²) in [5, 5.41) is 0. The quantitative estimate of drug-likeness (QED) is 0.357. The standard InChI is InChI=1S/C27H33NO2/c1-5-20(3)18-29-26-14-13-23(17-27(26)30-19-21(4)6-2)22-10-9-11-24(16-22)25-12-7-8-15-28-25/h7-17,20-21H,5-6,18-19H2,1-4H3. The van der Waals surface area contributed by atoms with Crippen LogP contribution in [0.3, 0.4) is 0 Å². The Morgan fingerprint density at radius 2 is 1.37 bits per heavy atom.